The van der Waals surface area contributed by atoms with E-state index in [1.165, 1.54) is 0 Å². The van der Waals surface area contributed by atoms with Crippen LogP contribution >= 0.6 is 24.0 Å². The molecule has 21 heteroatoms. The molecule has 6 aliphatic heterocycles. The first kappa shape index (κ1) is 68.9. The van der Waals surface area contributed by atoms with Crippen LogP contribution in [0.2, 0.25) is 0 Å². The number of rotatable bonds is 36. The van der Waals surface area contributed by atoms with E-state index < -0.39 is 6.10 Å². The molecule has 0 saturated carbocycles. The third kappa shape index (κ3) is 27.6. The van der Waals surface area contributed by atoms with Crippen LogP contribution in [0, 0.1) is 21.7 Å². The molecule has 0 aromatic rings. The molecule has 6 fully saturated rings. The Kier molecular flexibility index (Phi) is 41.2. The van der Waals surface area contributed by atoms with E-state index in [1.807, 2.05) is 0 Å². The summed E-state index contributed by atoms with van der Waals surface area (Å²) in [5, 5.41) is 9.86. The largest absolute Gasteiger partial charge is 1.00 e. The molecule has 6 aliphatic rings. The molecule has 4 unspecified atom stereocenters. The molecule has 0 radical (unpaired) electrons. The second kappa shape index (κ2) is 39.4. The molecule has 66 heavy (non-hydrogen) atoms. The van der Waals surface area contributed by atoms with Gasteiger partial charge in [-0.1, -0.05) is 35.1 Å². The summed E-state index contributed by atoms with van der Waals surface area (Å²) in [6.07, 6.45) is 4.21. The Hall–Kier alpha value is 0.860. The van der Waals surface area contributed by atoms with Crippen molar-refractivity contribution in [3.05, 3.63) is 0 Å². The first-order valence-electron chi connectivity index (χ1n) is 22.8. The summed E-state index contributed by atoms with van der Waals surface area (Å²) >= 11 is 5.27. The van der Waals surface area contributed by atoms with Gasteiger partial charge in [-0.2, -0.15) is 0 Å². The fraction of sp³-hybridized carbons (Fsp3) is 1.00. The van der Waals surface area contributed by atoms with E-state index >= 15 is 0 Å². The number of hydrogen-bond acceptors (Lipinski definition) is 17. The number of alkyl halides is 1. The van der Waals surface area contributed by atoms with Gasteiger partial charge in [-0.15, -0.1) is 24.0 Å². The van der Waals surface area contributed by atoms with Gasteiger partial charge >= 0.3 is 29.6 Å². The van der Waals surface area contributed by atoms with Gasteiger partial charge in [0.15, 0.2) is 0 Å². The van der Waals surface area contributed by atoms with Crippen molar-refractivity contribution in [2.75, 3.05) is 184 Å². The molecule has 0 amide bonds. The molecule has 4 N–H and O–H groups in total. The predicted molar refractivity (Wildman–Crippen MR) is 246 cm³/mol. The van der Waals surface area contributed by atoms with Crippen LogP contribution in [0.5, 0.6) is 0 Å². The number of aliphatic hydroxyl groups is 1. The molecule has 0 aliphatic carbocycles. The standard InChI is InChI=1S/C22H40O8.C19H36O7.C3H5ClO.CH4.ClH.Na.2H2O/c1-3-21(15-27-16-21)13-25-8-6-23-5-7-24-9-19(29-11-20-12-30-20)10-26-14-22(4-2)17-28-18-22;1-3-18(13-25-14-18)11-23-8-6-21-5-7-22-9-17(20)10-24-12-19(4-2)15-26-16-19;4-1-3-2-5-3;;;;;/h19-20H,3-18H2,1-2H3;17,20H,3-16H2,1-2H3;3H,1-2H2;1H4;1H;;2*1H2/q;;;;;+1;;/p-1. The topological polar surface area (TPSA) is 227 Å². The molecular weight excluding hydrogens is 922 g/mol. The van der Waals surface area contributed by atoms with Gasteiger partial charge < -0.3 is 87.1 Å². The van der Waals surface area contributed by atoms with E-state index in [0.29, 0.717) is 104 Å². The first-order chi connectivity index (χ1) is 29.8. The van der Waals surface area contributed by atoms with Gasteiger partial charge in [-0.05, 0) is 25.7 Å². The van der Waals surface area contributed by atoms with Crippen LogP contribution in [0.1, 0.15) is 60.8 Å². The van der Waals surface area contributed by atoms with Crippen molar-refractivity contribution in [3.8, 4) is 0 Å². The zero-order valence-electron chi connectivity index (χ0n) is 40.2. The van der Waals surface area contributed by atoms with Crippen LogP contribution in [0.3, 0.4) is 0 Å². The number of halogens is 2. The molecule has 0 aromatic carbocycles. The number of epoxide rings is 2. The average molecular weight is 1010 g/mol. The third-order valence-corrected chi connectivity index (χ3v) is 12.5. The smallest absolute Gasteiger partial charge is 0.870 e. The Bertz CT molecular complexity index is 1080. The van der Waals surface area contributed by atoms with Crippen molar-refractivity contribution in [2.45, 2.75) is 85.2 Å². The van der Waals surface area contributed by atoms with Crippen molar-refractivity contribution >= 4 is 24.0 Å². The Labute approximate surface area is 429 Å². The molecule has 0 bridgehead atoms. The van der Waals surface area contributed by atoms with Crippen LogP contribution in [-0.2, 0) is 71.1 Å². The Balaban J connectivity index is 0. The van der Waals surface area contributed by atoms with Gasteiger partial charge in [0.1, 0.15) is 18.3 Å². The van der Waals surface area contributed by atoms with E-state index in [1.54, 1.807) is 0 Å². The first-order valence-corrected chi connectivity index (χ1v) is 23.3. The van der Waals surface area contributed by atoms with Gasteiger partial charge in [-0.3, -0.25) is 0 Å². The molecular formula is C45H89Cl2NaO18. The molecule has 6 rings (SSSR count). The van der Waals surface area contributed by atoms with Gasteiger partial charge in [0.2, 0.25) is 0 Å². The van der Waals surface area contributed by atoms with Crippen molar-refractivity contribution in [2.24, 2.45) is 21.7 Å². The number of aliphatic hydroxyl groups excluding tert-OH is 1. The Morgan fingerprint density at radius 1 is 0.515 bits per heavy atom. The van der Waals surface area contributed by atoms with Crippen LogP contribution in [-0.4, -0.2) is 225 Å². The van der Waals surface area contributed by atoms with Crippen molar-refractivity contribution in [1.82, 2.24) is 0 Å². The maximum Gasteiger partial charge on any atom is 1.00 e. The van der Waals surface area contributed by atoms with Crippen LogP contribution in [0.4, 0.5) is 0 Å². The molecule has 6 saturated heterocycles. The summed E-state index contributed by atoms with van der Waals surface area (Å²) < 4.78 is 82.2. The summed E-state index contributed by atoms with van der Waals surface area (Å²) in [5.41, 5.74) is 0.792. The van der Waals surface area contributed by atoms with Crippen LogP contribution in [0.25, 0.3) is 0 Å². The van der Waals surface area contributed by atoms with Gasteiger partial charge in [-0.25, -0.2) is 0 Å². The third-order valence-electron chi connectivity index (χ3n) is 12.1. The van der Waals surface area contributed by atoms with Gasteiger partial charge in [0, 0.05) is 21.7 Å². The summed E-state index contributed by atoms with van der Waals surface area (Å²) in [6.45, 7) is 26.0. The van der Waals surface area contributed by atoms with E-state index in [4.69, 9.17) is 82.7 Å². The summed E-state index contributed by atoms with van der Waals surface area (Å²) in [6, 6.07) is 0. The molecule has 6 heterocycles. The molecule has 4 atom stereocenters. The molecule has 18 nitrogen and oxygen atoms in total. The van der Waals surface area contributed by atoms with Crippen molar-refractivity contribution < 1.29 is 117 Å². The van der Waals surface area contributed by atoms with Gasteiger partial charge in [0.25, 0.3) is 0 Å². The summed E-state index contributed by atoms with van der Waals surface area (Å²) in [5.74, 6) is 0.667. The minimum absolute atomic E-state index is 0. The number of hydrogen-bond donors (Lipinski definition) is 1. The maximum absolute atomic E-state index is 9.86. The van der Waals surface area contributed by atoms with Crippen LogP contribution < -0.4 is 29.6 Å². The fourth-order valence-electron chi connectivity index (χ4n) is 6.38. The van der Waals surface area contributed by atoms with E-state index in [0.717, 1.165) is 105 Å². The SMILES string of the molecule is C.CCC1(COCCOCCOCC(COCC2(CC)COC2)OCC2CO2)COC1.CCC1(COCCOCCOCC(O)COCC2(CC)COC2)COC1.Cl.ClCC1CO1.O.[Na+].[OH-]. The zero-order valence-corrected chi connectivity index (χ0v) is 43.8. The molecule has 392 valence electrons. The fourth-order valence-corrected chi connectivity index (χ4v) is 6.56. The summed E-state index contributed by atoms with van der Waals surface area (Å²) in [4.78, 5) is 0. The second-order valence-electron chi connectivity index (χ2n) is 17.6. The summed E-state index contributed by atoms with van der Waals surface area (Å²) in [7, 11) is 0. The average Bonchev–Trinajstić information content (AvgIpc) is 4.16. The molecule has 0 spiro atoms. The molecule has 0 aromatic heterocycles. The second-order valence-corrected chi connectivity index (χ2v) is 17.9. The minimum atomic E-state index is -0.608. The van der Waals surface area contributed by atoms with E-state index in [9.17, 15) is 5.11 Å². The Morgan fingerprint density at radius 3 is 1.14 bits per heavy atom. The maximum atomic E-state index is 9.86. The number of ether oxygens (including phenoxy) is 15. The van der Waals surface area contributed by atoms with Crippen molar-refractivity contribution in [3.63, 3.8) is 0 Å². The quantitative estimate of drug-likeness (QED) is 0.0393. The van der Waals surface area contributed by atoms with Gasteiger partial charge in [0.05, 0.1) is 190 Å². The van der Waals surface area contributed by atoms with E-state index in [-0.39, 0.29) is 101 Å². The van der Waals surface area contributed by atoms with Crippen LogP contribution in [0.15, 0.2) is 0 Å². The normalized spacial score (nSPS) is 22.5. The predicted octanol–water partition coefficient (Wildman–Crippen LogP) is 0.641. The monoisotopic (exact) mass is 1010 g/mol. The van der Waals surface area contributed by atoms with Crippen molar-refractivity contribution in [1.29, 1.82) is 0 Å². The Morgan fingerprint density at radius 2 is 0.818 bits per heavy atom. The zero-order chi connectivity index (χ0) is 43.5. The minimum Gasteiger partial charge on any atom is -0.870 e. The van der Waals surface area contributed by atoms with E-state index in [2.05, 4.69) is 27.7 Å².